The van der Waals surface area contributed by atoms with Crippen LogP contribution in [-0.4, -0.2) is 36.8 Å². The number of hydrogen-bond donors (Lipinski definition) is 2. The van der Waals surface area contributed by atoms with Gasteiger partial charge in [-0.2, -0.15) is 13.2 Å². The Balaban J connectivity index is 1.89. The van der Waals surface area contributed by atoms with Gasteiger partial charge in [0.25, 0.3) is 0 Å². The predicted octanol–water partition coefficient (Wildman–Crippen LogP) is 1.36. The lowest BCUT2D eigenvalue weighted by molar-refractivity contribution is -0.120. The van der Waals surface area contributed by atoms with Crippen molar-refractivity contribution in [3.05, 3.63) is 0 Å². The summed E-state index contributed by atoms with van der Waals surface area (Å²) < 4.78 is 35.1. The lowest BCUT2D eigenvalue weighted by Crippen LogP contribution is -2.36. The maximum Gasteiger partial charge on any atom is 0.441 e. The van der Waals surface area contributed by atoms with Crippen LogP contribution in [0.25, 0.3) is 0 Å². The Bertz CT molecular complexity index is 231. The summed E-state index contributed by atoms with van der Waals surface area (Å²) in [5.41, 5.74) is -4.21. The normalized spacial score (nSPS) is 16.2. The molecule has 0 bridgehead atoms. The van der Waals surface area contributed by atoms with Gasteiger partial charge in [0.1, 0.15) is 0 Å². The topological polar surface area (TPSA) is 41.1 Å². The van der Waals surface area contributed by atoms with Crippen molar-refractivity contribution < 1.29 is 18.0 Å². The summed E-state index contributed by atoms with van der Waals surface area (Å²) in [7, 11) is 0. The number of carbonyl (C=O) groups is 1. The van der Waals surface area contributed by atoms with E-state index in [4.69, 9.17) is 0 Å². The third-order valence-corrected chi connectivity index (χ3v) is 2.84. The van der Waals surface area contributed by atoms with E-state index in [9.17, 15) is 18.0 Å². The summed E-state index contributed by atoms with van der Waals surface area (Å²) in [6, 6.07) is 0. The summed E-state index contributed by atoms with van der Waals surface area (Å²) in [5.74, 6) is 0.301. The number of nitrogens with one attached hydrogen (secondary N) is 2. The largest absolute Gasteiger partial charge is 0.441 e. The van der Waals surface area contributed by atoms with Crippen LogP contribution >= 0.6 is 11.8 Å². The van der Waals surface area contributed by atoms with Crippen LogP contribution in [0.4, 0.5) is 13.2 Å². The van der Waals surface area contributed by atoms with Gasteiger partial charge in [0, 0.05) is 12.3 Å². The van der Waals surface area contributed by atoms with Crippen molar-refractivity contribution in [2.24, 2.45) is 5.92 Å². The molecule has 1 rings (SSSR count). The Kier molecular flexibility index (Phi) is 5.40. The lowest BCUT2D eigenvalue weighted by Gasteiger charge is -2.07. The summed E-state index contributed by atoms with van der Waals surface area (Å²) in [6.45, 7) is 1.06. The molecule has 0 heterocycles. The van der Waals surface area contributed by atoms with Gasteiger partial charge in [-0.25, -0.2) is 0 Å². The molecule has 0 aromatic carbocycles. The molecular weight excluding hydrogens is 241 g/mol. The minimum atomic E-state index is -4.21. The third kappa shape index (κ3) is 7.81. The molecule has 0 unspecified atom stereocenters. The van der Waals surface area contributed by atoms with E-state index >= 15 is 0 Å². The average molecular weight is 256 g/mol. The fourth-order valence-electron chi connectivity index (χ4n) is 1.13. The highest BCUT2D eigenvalue weighted by Crippen LogP contribution is 2.29. The van der Waals surface area contributed by atoms with Gasteiger partial charge in [-0.05, 0) is 37.1 Å². The second-order valence-electron chi connectivity index (χ2n) is 3.72. The smallest absolute Gasteiger partial charge is 0.354 e. The van der Waals surface area contributed by atoms with Gasteiger partial charge >= 0.3 is 5.51 Å². The van der Waals surface area contributed by atoms with Crippen molar-refractivity contribution in [2.45, 2.75) is 18.3 Å². The number of rotatable bonds is 7. The van der Waals surface area contributed by atoms with E-state index in [2.05, 4.69) is 10.6 Å². The third-order valence-electron chi connectivity index (χ3n) is 2.11. The SMILES string of the molecule is O=C(CNCC1CC1)NCCSC(F)(F)F. The first kappa shape index (κ1) is 13.6. The predicted molar refractivity (Wildman–Crippen MR) is 57.1 cm³/mol. The van der Waals surface area contributed by atoms with Crippen molar-refractivity contribution in [1.29, 1.82) is 0 Å². The maximum atomic E-state index is 11.7. The summed E-state index contributed by atoms with van der Waals surface area (Å²) in [6.07, 6.45) is 2.41. The molecule has 16 heavy (non-hydrogen) atoms. The highest BCUT2D eigenvalue weighted by molar-refractivity contribution is 8.00. The van der Waals surface area contributed by atoms with Crippen molar-refractivity contribution in [3.63, 3.8) is 0 Å². The summed E-state index contributed by atoms with van der Waals surface area (Å²) in [4.78, 5) is 11.1. The van der Waals surface area contributed by atoms with Crippen LogP contribution in [0.3, 0.4) is 0 Å². The number of thioether (sulfide) groups is 1. The van der Waals surface area contributed by atoms with Gasteiger partial charge in [0.2, 0.25) is 5.91 Å². The number of alkyl halides is 3. The van der Waals surface area contributed by atoms with Crippen LogP contribution in [0.5, 0.6) is 0 Å². The molecule has 2 N–H and O–H groups in total. The van der Waals surface area contributed by atoms with E-state index in [0.717, 1.165) is 6.54 Å². The van der Waals surface area contributed by atoms with Crippen molar-refractivity contribution in [1.82, 2.24) is 10.6 Å². The van der Waals surface area contributed by atoms with E-state index in [0.29, 0.717) is 5.92 Å². The zero-order chi connectivity index (χ0) is 12.0. The quantitative estimate of drug-likeness (QED) is 0.676. The number of carbonyl (C=O) groups excluding carboxylic acids is 1. The first-order chi connectivity index (χ1) is 7.47. The molecule has 1 saturated carbocycles. The minimum Gasteiger partial charge on any atom is -0.354 e. The molecule has 0 aliphatic heterocycles. The molecule has 0 radical (unpaired) electrons. The van der Waals surface area contributed by atoms with E-state index in [-0.39, 0.29) is 36.5 Å². The molecule has 0 saturated heterocycles. The van der Waals surface area contributed by atoms with Crippen LogP contribution in [0.15, 0.2) is 0 Å². The first-order valence-electron chi connectivity index (χ1n) is 5.15. The Morgan fingerprint density at radius 3 is 2.62 bits per heavy atom. The second kappa shape index (κ2) is 6.34. The zero-order valence-corrected chi connectivity index (χ0v) is 9.59. The highest BCUT2D eigenvalue weighted by Gasteiger charge is 2.27. The molecule has 0 aromatic rings. The van der Waals surface area contributed by atoms with E-state index in [1.54, 1.807) is 0 Å². The van der Waals surface area contributed by atoms with Crippen LogP contribution in [0.1, 0.15) is 12.8 Å². The molecule has 0 atom stereocenters. The first-order valence-corrected chi connectivity index (χ1v) is 6.14. The Morgan fingerprint density at radius 1 is 1.38 bits per heavy atom. The fourth-order valence-corrected chi connectivity index (χ4v) is 1.57. The van der Waals surface area contributed by atoms with Crippen molar-refractivity contribution in [3.8, 4) is 0 Å². The Hall–Kier alpha value is -0.430. The van der Waals surface area contributed by atoms with E-state index in [1.807, 2.05) is 0 Å². The molecule has 94 valence electrons. The van der Waals surface area contributed by atoms with Gasteiger partial charge in [-0.3, -0.25) is 4.79 Å². The van der Waals surface area contributed by atoms with Crippen LogP contribution in [0, 0.1) is 5.92 Å². The fraction of sp³-hybridized carbons (Fsp3) is 0.889. The number of halogens is 3. The molecule has 1 fully saturated rings. The molecule has 0 aromatic heterocycles. The molecule has 7 heteroatoms. The van der Waals surface area contributed by atoms with Gasteiger partial charge in [0.05, 0.1) is 6.54 Å². The monoisotopic (exact) mass is 256 g/mol. The molecular formula is C9H15F3N2OS. The summed E-state index contributed by atoms with van der Waals surface area (Å²) in [5, 5.41) is 5.39. The summed E-state index contributed by atoms with van der Waals surface area (Å²) >= 11 is -0.121. The zero-order valence-electron chi connectivity index (χ0n) is 8.77. The van der Waals surface area contributed by atoms with Crippen LogP contribution in [0.2, 0.25) is 0 Å². The second-order valence-corrected chi connectivity index (χ2v) is 4.88. The Morgan fingerprint density at radius 2 is 2.06 bits per heavy atom. The Labute approximate surface area is 96.5 Å². The molecule has 1 aliphatic carbocycles. The van der Waals surface area contributed by atoms with Gasteiger partial charge < -0.3 is 10.6 Å². The molecule has 0 spiro atoms. The average Bonchev–Trinajstić information content (AvgIpc) is 2.95. The van der Waals surface area contributed by atoms with Crippen LogP contribution < -0.4 is 10.6 Å². The molecule has 3 nitrogen and oxygen atoms in total. The lowest BCUT2D eigenvalue weighted by atomic mass is 10.4. The molecule has 1 aliphatic rings. The van der Waals surface area contributed by atoms with Gasteiger partial charge in [-0.15, -0.1) is 0 Å². The van der Waals surface area contributed by atoms with Crippen molar-refractivity contribution >= 4 is 17.7 Å². The molecule has 1 amide bonds. The van der Waals surface area contributed by atoms with Crippen molar-refractivity contribution in [2.75, 3.05) is 25.4 Å². The van der Waals surface area contributed by atoms with Gasteiger partial charge in [-0.1, -0.05) is 0 Å². The minimum absolute atomic E-state index is 0.0497. The van der Waals surface area contributed by atoms with E-state index in [1.165, 1.54) is 12.8 Å². The van der Waals surface area contributed by atoms with Crippen LogP contribution in [-0.2, 0) is 4.79 Å². The van der Waals surface area contributed by atoms with E-state index < -0.39 is 5.51 Å². The maximum absolute atomic E-state index is 11.7. The highest BCUT2D eigenvalue weighted by atomic mass is 32.2. The standard InChI is InChI=1S/C9H15F3N2OS/c10-9(11,12)16-4-3-14-8(15)6-13-5-7-1-2-7/h7,13H,1-6H2,(H,14,15). The number of hydrogen-bond acceptors (Lipinski definition) is 3. The van der Waals surface area contributed by atoms with Gasteiger partial charge in [0.15, 0.2) is 0 Å². The number of amides is 1.